The predicted molar refractivity (Wildman–Crippen MR) is 93.4 cm³/mol. The number of H-pyrrole nitrogens is 1. The van der Waals surface area contributed by atoms with Crippen LogP contribution in [-0.4, -0.2) is 49.8 Å². The average molecular weight is 395 g/mol. The lowest BCUT2D eigenvalue weighted by Gasteiger charge is -2.33. The SMILES string of the molecule is Cc1c(C(=O)N2CCCC(C(F)(F)F)C2)cnn1-c1nc2c(c(=O)[nH]1)CCC2. The van der Waals surface area contributed by atoms with Crippen LogP contribution in [0, 0.1) is 12.8 Å². The summed E-state index contributed by atoms with van der Waals surface area (Å²) in [5.74, 6) is -1.77. The van der Waals surface area contributed by atoms with Crippen molar-refractivity contribution in [2.75, 3.05) is 13.1 Å². The fourth-order valence-corrected chi connectivity index (χ4v) is 3.96. The molecular formula is C18H20F3N5O2. The van der Waals surface area contributed by atoms with Crippen LogP contribution in [0.25, 0.3) is 5.95 Å². The molecule has 150 valence electrons. The number of piperidine rings is 1. The minimum atomic E-state index is -4.31. The lowest BCUT2D eigenvalue weighted by atomic mass is 9.97. The zero-order valence-electron chi connectivity index (χ0n) is 15.3. The van der Waals surface area contributed by atoms with Crippen molar-refractivity contribution >= 4 is 5.91 Å². The van der Waals surface area contributed by atoms with E-state index in [1.54, 1.807) is 6.92 Å². The Kier molecular flexibility index (Phi) is 4.51. The van der Waals surface area contributed by atoms with Gasteiger partial charge in [-0.2, -0.15) is 18.3 Å². The number of aromatic amines is 1. The standard InChI is InChI=1S/C18H20F3N5O2/c1-10-13(16(28)25-7-3-4-11(9-25)18(19,20)21)8-22-26(10)17-23-14-6-2-5-12(14)15(27)24-17/h8,11H,2-7,9H2,1H3,(H,23,24,27). The molecule has 1 unspecified atom stereocenters. The molecule has 7 nitrogen and oxygen atoms in total. The second-order valence-electron chi connectivity index (χ2n) is 7.36. The molecule has 2 aromatic rings. The smallest absolute Gasteiger partial charge is 0.338 e. The van der Waals surface area contributed by atoms with Crippen LogP contribution in [0.15, 0.2) is 11.0 Å². The van der Waals surface area contributed by atoms with E-state index in [0.717, 1.165) is 12.1 Å². The Morgan fingerprint density at radius 1 is 1.29 bits per heavy atom. The zero-order valence-corrected chi connectivity index (χ0v) is 15.3. The molecule has 1 amide bonds. The molecule has 1 fully saturated rings. The molecule has 1 aliphatic carbocycles. The maximum atomic E-state index is 13.0. The largest absolute Gasteiger partial charge is 0.393 e. The van der Waals surface area contributed by atoms with Crippen molar-refractivity contribution in [1.82, 2.24) is 24.6 Å². The number of nitrogens with zero attached hydrogens (tertiary/aromatic N) is 4. The highest BCUT2D eigenvalue weighted by Gasteiger charge is 2.43. The van der Waals surface area contributed by atoms with Gasteiger partial charge in [-0.05, 0) is 39.0 Å². The summed E-state index contributed by atoms with van der Waals surface area (Å²) in [4.78, 5) is 33.4. The summed E-state index contributed by atoms with van der Waals surface area (Å²) in [5.41, 5.74) is 1.83. The van der Waals surface area contributed by atoms with E-state index in [-0.39, 0.29) is 36.6 Å². The number of aromatic nitrogens is 4. The molecule has 0 saturated carbocycles. The molecule has 1 aliphatic heterocycles. The van der Waals surface area contributed by atoms with Crippen molar-refractivity contribution in [1.29, 1.82) is 0 Å². The molecular weight excluding hydrogens is 375 g/mol. The highest BCUT2D eigenvalue weighted by Crippen LogP contribution is 2.33. The Balaban J connectivity index is 1.61. The fourth-order valence-electron chi connectivity index (χ4n) is 3.96. The number of rotatable bonds is 2. The minimum absolute atomic E-state index is 0.0335. The summed E-state index contributed by atoms with van der Waals surface area (Å²) in [6.07, 6.45) is -0.380. The maximum absolute atomic E-state index is 13.0. The number of halogens is 3. The molecule has 0 spiro atoms. The van der Waals surface area contributed by atoms with Crippen LogP contribution in [0.4, 0.5) is 13.2 Å². The number of fused-ring (bicyclic) bond motifs is 1. The summed E-state index contributed by atoms with van der Waals surface area (Å²) in [5, 5.41) is 4.15. The van der Waals surface area contributed by atoms with E-state index in [0.29, 0.717) is 30.5 Å². The number of amides is 1. The zero-order chi connectivity index (χ0) is 20.1. The van der Waals surface area contributed by atoms with E-state index in [1.807, 2.05) is 0 Å². The lowest BCUT2D eigenvalue weighted by Crippen LogP contribution is -2.44. The number of carbonyl (C=O) groups is 1. The highest BCUT2D eigenvalue weighted by molar-refractivity contribution is 5.95. The van der Waals surface area contributed by atoms with E-state index in [1.165, 1.54) is 15.8 Å². The first-order valence-corrected chi connectivity index (χ1v) is 9.28. The number of nitrogens with one attached hydrogen (secondary N) is 1. The number of carbonyl (C=O) groups excluding carboxylic acids is 1. The van der Waals surface area contributed by atoms with Crippen molar-refractivity contribution < 1.29 is 18.0 Å². The monoisotopic (exact) mass is 395 g/mol. The van der Waals surface area contributed by atoms with Gasteiger partial charge in [0.25, 0.3) is 11.5 Å². The van der Waals surface area contributed by atoms with Crippen LogP contribution < -0.4 is 5.56 Å². The Morgan fingerprint density at radius 2 is 2.07 bits per heavy atom. The first-order valence-electron chi connectivity index (χ1n) is 9.28. The third-order valence-corrected chi connectivity index (χ3v) is 5.54. The quantitative estimate of drug-likeness (QED) is 0.845. The first kappa shape index (κ1) is 18.7. The Bertz CT molecular complexity index is 979. The summed E-state index contributed by atoms with van der Waals surface area (Å²) in [6, 6.07) is 0. The van der Waals surface area contributed by atoms with Crippen molar-refractivity contribution in [3.8, 4) is 5.95 Å². The van der Waals surface area contributed by atoms with Crippen LogP contribution in [0.1, 0.15) is 46.6 Å². The average Bonchev–Trinajstić information content (AvgIpc) is 3.27. The van der Waals surface area contributed by atoms with E-state index >= 15 is 0 Å². The third kappa shape index (κ3) is 3.20. The first-order chi connectivity index (χ1) is 13.3. The van der Waals surface area contributed by atoms with Gasteiger partial charge in [0, 0.05) is 18.7 Å². The molecule has 4 rings (SSSR count). The molecule has 0 bridgehead atoms. The third-order valence-electron chi connectivity index (χ3n) is 5.54. The molecule has 2 aliphatic rings. The molecule has 0 aromatic carbocycles. The van der Waals surface area contributed by atoms with Crippen LogP contribution in [0.5, 0.6) is 0 Å². The fraction of sp³-hybridized carbons (Fsp3) is 0.556. The van der Waals surface area contributed by atoms with Crippen LogP contribution in [0.2, 0.25) is 0 Å². The van der Waals surface area contributed by atoms with Gasteiger partial charge in [0.05, 0.1) is 29.1 Å². The van der Waals surface area contributed by atoms with Gasteiger partial charge in [0.15, 0.2) is 0 Å². The van der Waals surface area contributed by atoms with Gasteiger partial charge in [0.2, 0.25) is 5.95 Å². The second-order valence-corrected chi connectivity index (χ2v) is 7.36. The van der Waals surface area contributed by atoms with Crippen molar-refractivity contribution in [2.24, 2.45) is 5.92 Å². The summed E-state index contributed by atoms with van der Waals surface area (Å²) in [6.45, 7) is 1.57. The topological polar surface area (TPSA) is 83.9 Å². The maximum Gasteiger partial charge on any atom is 0.393 e. The summed E-state index contributed by atoms with van der Waals surface area (Å²) < 4.78 is 40.5. The van der Waals surface area contributed by atoms with Crippen LogP contribution >= 0.6 is 0 Å². The molecule has 1 N–H and O–H groups in total. The molecule has 28 heavy (non-hydrogen) atoms. The van der Waals surface area contributed by atoms with Crippen molar-refractivity contribution in [3.05, 3.63) is 39.1 Å². The number of aryl methyl sites for hydroxylation is 1. The van der Waals surface area contributed by atoms with Gasteiger partial charge >= 0.3 is 6.18 Å². The Morgan fingerprint density at radius 3 is 2.82 bits per heavy atom. The van der Waals surface area contributed by atoms with Gasteiger partial charge in [-0.25, -0.2) is 9.67 Å². The normalized spacial score (nSPS) is 19.7. The van der Waals surface area contributed by atoms with E-state index in [4.69, 9.17) is 0 Å². The lowest BCUT2D eigenvalue weighted by molar-refractivity contribution is -0.184. The summed E-state index contributed by atoms with van der Waals surface area (Å²) >= 11 is 0. The molecule has 1 atom stereocenters. The number of alkyl halides is 3. The van der Waals surface area contributed by atoms with E-state index < -0.39 is 18.0 Å². The summed E-state index contributed by atoms with van der Waals surface area (Å²) in [7, 11) is 0. The molecule has 1 saturated heterocycles. The van der Waals surface area contributed by atoms with Gasteiger partial charge in [-0.15, -0.1) is 0 Å². The van der Waals surface area contributed by atoms with Gasteiger partial charge in [-0.3, -0.25) is 14.6 Å². The number of likely N-dealkylation sites (tertiary alicyclic amines) is 1. The van der Waals surface area contributed by atoms with Crippen LogP contribution in [0.3, 0.4) is 0 Å². The minimum Gasteiger partial charge on any atom is -0.338 e. The van der Waals surface area contributed by atoms with Crippen molar-refractivity contribution in [2.45, 2.75) is 45.2 Å². The van der Waals surface area contributed by atoms with Gasteiger partial charge < -0.3 is 4.90 Å². The van der Waals surface area contributed by atoms with Gasteiger partial charge in [0.1, 0.15) is 0 Å². The van der Waals surface area contributed by atoms with Crippen molar-refractivity contribution in [3.63, 3.8) is 0 Å². The molecule has 10 heteroatoms. The number of hydrogen-bond donors (Lipinski definition) is 1. The Hall–Kier alpha value is -2.65. The van der Waals surface area contributed by atoms with Gasteiger partial charge in [-0.1, -0.05) is 0 Å². The second kappa shape index (κ2) is 6.75. The van der Waals surface area contributed by atoms with E-state index in [2.05, 4.69) is 15.1 Å². The Labute approximate surface area is 158 Å². The van der Waals surface area contributed by atoms with Crippen LogP contribution in [-0.2, 0) is 12.8 Å². The number of hydrogen-bond acceptors (Lipinski definition) is 4. The molecule has 2 aromatic heterocycles. The molecule has 3 heterocycles. The highest BCUT2D eigenvalue weighted by atomic mass is 19.4. The molecule has 0 radical (unpaired) electrons. The van der Waals surface area contributed by atoms with E-state index in [9.17, 15) is 22.8 Å². The predicted octanol–water partition coefficient (Wildman–Crippen LogP) is 2.17.